The Morgan fingerprint density at radius 1 is 1.44 bits per heavy atom. The van der Waals surface area contributed by atoms with Crippen LogP contribution >= 0.6 is 24.0 Å². The van der Waals surface area contributed by atoms with E-state index in [0.29, 0.717) is 27.4 Å². The Bertz CT molecular complexity index is 783. The zero-order valence-corrected chi connectivity index (χ0v) is 16.4. The van der Waals surface area contributed by atoms with Crippen molar-refractivity contribution in [3.8, 4) is 11.5 Å². The molecule has 1 unspecified atom stereocenters. The third-order valence-corrected chi connectivity index (χ3v) is 5.41. The number of fused-ring (bicyclic) bond motifs is 1. The number of thiocarbonyl (C=S) groups is 1. The van der Waals surface area contributed by atoms with Crippen molar-refractivity contribution in [1.29, 1.82) is 0 Å². The van der Waals surface area contributed by atoms with Crippen LogP contribution in [0.1, 0.15) is 26.3 Å². The van der Waals surface area contributed by atoms with Gasteiger partial charge in [-0.3, -0.25) is 9.69 Å². The second kappa shape index (κ2) is 7.22. The third kappa shape index (κ3) is 3.60. The summed E-state index contributed by atoms with van der Waals surface area (Å²) in [6.45, 7) is 6.76. The molecule has 0 radical (unpaired) electrons. The molecule has 25 heavy (non-hydrogen) atoms. The normalized spacial score (nSPS) is 21.5. The number of hydrogen-bond donors (Lipinski definition) is 0. The minimum absolute atomic E-state index is 0.0201. The highest BCUT2D eigenvalue weighted by Gasteiger charge is 2.33. The van der Waals surface area contributed by atoms with Crippen molar-refractivity contribution < 1.29 is 14.3 Å². The lowest BCUT2D eigenvalue weighted by molar-refractivity contribution is -0.122. The lowest BCUT2D eigenvalue weighted by Crippen LogP contribution is -2.31. The summed E-state index contributed by atoms with van der Waals surface area (Å²) in [7, 11) is 1.63. The third-order valence-electron chi connectivity index (χ3n) is 4.03. The number of benzene rings is 1. The van der Waals surface area contributed by atoms with Crippen LogP contribution < -0.4 is 9.47 Å². The highest BCUT2D eigenvalue weighted by molar-refractivity contribution is 8.26. The van der Waals surface area contributed by atoms with Crippen LogP contribution in [0.3, 0.4) is 0 Å². The second-order valence-corrected chi connectivity index (χ2v) is 8.14. The van der Waals surface area contributed by atoms with Gasteiger partial charge in [-0.05, 0) is 36.6 Å². The molecule has 0 N–H and O–H groups in total. The molecule has 1 aromatic carbocycles. The van der Waals surface area contributed by atoms with E-state index in [1.165, 1.54) is 11.8 Å². The lowest BCUT2D eigenvalue weighted by atomic mass is 10.0. The maximum absolute atomic E-state index is 12.6. The molecule has 0 spiro atoms. The molecule has 6 heteroatoms. The maximum Gasteiger partial charge on any atom is 0.266 e. The maximum atomic E-state index is 12.6. The highest BCUT2D eigenvalue weighted by atomic mass is 32.2. The first-order chi connectivity index (χ1) is 11.9. The number of hydrogen-bond acceptors (Lipinski definition) is 5. The number of methoxy groups -OCH3 is 1. The zero-order valence-electron chi connectivity index (χ0n) is 14.7. The standard InChI is InChI=1S/C19H21NO3S2/c1-11(2)10-20-18(21)16(25-19(20)24)9-14-8-13-6-5-7-15(22-4)17(13)23-12(14)3/h5-9,11-12H,10H2,1-4H3/b16-9-. The molecule has 1 aromatic rings. The number of carbonyl (C=O) groups excluding carboxylic acids is 1. The second-order valence-electron chi connectivity index (χ2n) is 6.47. The number of thioether (sulfide) groups is 1. The van der Waals surface area contributed by atoms with Gasteiger partial charge < -0.3 is 9.47 Å². The fraction of sp³-hybridized carbons (Fsp3) is 0.368. The average molecular weight is 376 g/mol. The largest absolute Gasteiger partial charge is 0.493 e. The molecule has 3 rings (SSSR count). The summed E-state index contributed by atoms with van der Waals surface area (Å²) >= 11 is 6.72. The van der Waals surface area contributed by atoms with Gasteiger partial charge in [-0.2, -0.15) is 0 Å². The van der Waals surface area contributed by atoms with E-state index in [4.69, 9.17) is 21.7 Å². The smallest absolute Gasteiger partial charge is 0.266 e. The molecule has 1 fully saturated rings. The molecule has 0 bridgehead atoms. The monoisotopic (exact) mass is 375 g/mol. The van der Waals surface area contributed by atoms with E-state index in [2.05, 4.69) is 13.8 Å². The van der Waals surface area contributed by atoms with Crippen LogP contribution in [-0.2, 0) is 4.79 Å². The van der Waals surface area contributed by atoms with Gasteiger partial charge in [0.2, 0.25) is 0 Å². The number of carbonyl (C=O) groups is 1. The topological polar surface area (TPSA) is 38.8 Å². The van der Waals surface area contributed by atoms with E-state index >= 15 is 0 Å². The van der Waals surface area contributed by atoms with Gasteiger partial charge >= 0.3 is 0 Å². The average Bonchev–Trinajstić information content (AvgIpc) is 2.82. The van der Waals surface area contributed by atoms with Gasteiger partial charge in [0.05, 0.1) is 12.0 Å². The SMILES string of the molecule is COc1cccc2c1OC(C)C(/C=C1\SC(=S)N(CC(C)C)C1=O)=C2. The van der Waals surface area contributed by atoms with Crippen molar-refractivity contribution in [2.75, 3.05) is 13.7 Å². The first-order valence-corrected chi connectivity index (χ1v) is 9.43. The Labute approximate surface area is 157 Å². The number of rotatable bonds is 4. The molecular weight excluding hydrogens is 354 g/mol. The Morgan fingerprint density at radius 2 is 2.20 bits per heavy atom. The molecule has 0 saturated carbocycles. The molecule has 0 aliphatic carbocycles. The van der Waals surface area contributed by atoms with Crippen molar-refractivity contribution in [2.24, 2.45) is 5.92 Å². The minimum Gasteiger partial charge on any atom is -0.493 e. The minimum atomic E-state index is -0.169. The Kier molecular flexibility index (Phi) is 5.20. The summed E-state index contributed by atoms with van der Waals surface area (Å²) in [6, 6.07) is 5.77. The fourth-order valence-corrected chi connectivity index (χ4v) is 4.08. The highest BCUT2D eigenvalue weighted by Crippen LogP contribution is 2.39. The molecule has 0 aromatic heterocycles. The number of para-hydroxylation sites is 1. The Morgan fingerprint density at radius 3 is 2.88 bits per heavy atom. The van der Waals surface area contributed by atoms with Crippen molar-refractivity contribution in [3.05, 3.63) is 40.3 Å². The van der Waals surface area contributed by atoms with Crippen LogP contribution in [0.2, 0.25) is 0 Å². The van der Waals surface area contributed by atoms with E-state index in [9.17, 15) is 4.79 Å². The summed E-state index contributed by atoms with van der Waals surface area (Å²) in [4.78, 5) is 15.0. The van der Waals surface area contributed by atoms with Gasteiger partial charge in [0.1, 0.15) is 10.4 Å². The summed E-state index contributed by atoms with van der Waals surface area (Å²) in [5.41, 5.74) is 1.90. The van der Waals surface area contributed by atoms with E-state index in [1.807, 2.05) is 37.3 Å². The van der Waals surface area contributed by atoms with Crippen molar-refractivity contribution in [3.63, 3.8) is 0 Å². The Hall–Kier alpha value is -1.79. The van der Waals surface area contributed by atoms with Gasteiger partial charge in [-0.25, -0.2) is 0 Å². The van der Waals surface area contributed by atoms with Gasteiger partial charge in [0, 0.05) is 12.1 Å². The predicted octanol–water partition coefficient (Wildman–Crippen LogP) is 4.26. The van der Waals surface area contributed by atoms with Crippen LogP contribution in [0.4, 0.5) is 0 Å². The van der Waals surface area contributed by atoms with Gasteiger partial charge in [0.25, 0.3) is 5.91 Å². The zero-order chi connectivity index (χ0) is 18.1. The molecule has 2 aliphatic rings. The van der Waals surface area contributed by atoms with Gasteiger partial charge in [-0.15, -0.1) is 0 Å². The number of ether oxygens (including phenoxy) is 2. The van der Waals surface area contributed by atoms with Gasteiger partial charge in [0.15, 0.2) is 11.5 Å². The van der Waals surface area contributed by atoms with Crippen LogP contribution in [0.15, 0.2) is 34.8 Å². The molecule has 2 aliphatic heterocycles. The van der Waals surface area contributed by atoms with E-state index in [1.54, 1.807) is 12.0 Å². The summed E-state index contributed by atoms with van der Waals surface area (Å²) in [5, 5.41) is 0. The molecule has 4 nitrogen and oxygen atoms in total. The van der Waals surface area contributed by atoms with Crippen LogP contribution in [0, 0.1) is 5.92 Å². The first kappa shape index (κ1) is 18.0. The van der Waals surface area contributed by atoms with E-state index < -0.39 is 0 Å². The Balaban J connectivity index is 1.92. The van der Waals surface area contributed by atoms with E-state index in [-0.39, 0.29) is 12.0 Å². The first-order valence-electron chi connectivity index (χ1n) is 8.21. The number of nitrogens with zero attached hydrogens (tertiary/aromatic N) is 1. The van der Waals surface area contributed by atoms with Crippen LogP contribution in [-0.4, -0.2) is 34.9 Å². The van der Waals surface area contributed by atoms with Crippen LogP contribution in [0.5, 0.6) is 11.5 Å². The quantitative estimate of drug-likeness (QED) is 0.581. The van der Waals surface area contributed by atoms with Crippen molar-refractivity contribution >= 4 is 40.3 Å². The molecule has 2 heterocycles. The van der Waals surface area contributed by atoms with Crippen molar-refractivity contribution in [1.82, 2.24) is 4.90 Å². The summed E-state index contributed by atoms with van der Waals surface area (Å²) in [5.74, 6) is 1.80. The number of amides is 1. The predicted molar refractivity (Wildman–Crippen MR) is 106 cm³/mol. The molecule has 1 atom stereocenters. The molecular formula is C19H21NO3S2. The molecule has 1 amide bonds. The molecule has 132 valence electrons. The lowest BCUT2D eigenvalue weighted by Gasteiger charge is -2.24. The van der Waals surface area contributed by atoms with Gasteiger partial charge in [-0.1, -0.05) is 50.0 Å². The molecule has 1 saturated heterocycles. The van der Waals surface area contributed by atoms with E-state index in [0.717, 1.165) is 16.9 Å². The summed E-state index contributed by atoms with van der Waals surface area (Å²) in [6.07, 6.45) is 3.77. The summed E-state index contributed by atoms with van der Waals surface area (Å²) < 4.78 is 12.0. The van der Waals surface area contributed by atoms with Crippen molar-refractivity contribution in [2.45, 2.75) is 26.9 Å². The van der Waals surface area contributed by atoms with Crippen LogP contribution in [0.25, 0.3) is 6.08 Å². The fourth-order valence-electron chi connectivity index (χ4n) is 2.81.